The van der Waals surface area contributed by atoms with Gasteiger partial charge in [-0.3, -0.25) is 0 Å². The number of halogens is 1. The van der Waals surface area contributed by atoms with E-state index in [0.717, 1.165) is 36.1 Å². The molecule has 1 heterocycles. The lowest BCUT2D eigenvalue weighted by atomic mass is 9.72. The van der Waals surface area contributed by atoms with Crippen molar-refractivity contribution in [2.24, 2.45) is 11.8 Å². The molecule has 1 N–H and O–H groups in total. The molecular formula is C13H19BrOS. The molecule has 1 nitrogen and oxygen atoms in total. The molecule has 3 atom stereocenters. The second-order valence-corrected chi connectivity index (χ2v) is 7.15. The van der Waals surface area contributed by atoms with Crippen LogP contribution in [0.1, 0.15) is 38.0 Å². The molecule has 2 rings (SSSR count). The summed E-state index contributed by atoms with van der Waals surface area (Å²) < 4.78 is 1.15. The number of thiophene rings is 1. The lowest BCUT2D eigenvalue weighted by Gasteiger charge is -2.39. The summed E-state index contributed by atoms with van der Waals surface area (Å²) in [7, 11) is 0. The Hall–Kier alpha value is 0.140. The standard InChI is InChI=1S/C13H19BrOS/c1-9-3-5-13(15,7-10(9)2)8-12-11(14)4-6-16-12/h4,6,9-10,15H,3,5,7-8H2,1-2H3. The molecule has 1 aliphatic rings. The van der Waals surface area contributed by atoms with Crippen LogP contribution in [0.2, 0.25) is 0 Å². The quantitative estimate of drug-likeness (QED) is 0.866. The van der Waals surface area contributed by atoms with Gasteiger partial charge >= 0.3 is 0 Å². The average Bonchev–Trinajstić information content (AvgIpc) is 2.59. The number of hydrogen-bond donors (Lipinski definition) is 1. The van der Waals surface area contributed by atoms with Crippen LogP contribution in [0.4, 0.5) is 0 Å². The van der Waals surface area contributed by atoms with E-state index >= 15 is 0 Å². The maximum atomic E-state index is 10.6. The summed E-state index contributed by atoms with van der Waals surface area (Å²) in [5.74, 6) is 1.39. The molecule has 0 aromatic carbocycles. The average molecular weight is 303 g/mol. The fourth-order valence-electron chi connectivity index (χ4n) is 2.59. The highest BCUT2D eigenvalue weighted by atomic mass is 79.9. The summed E-state index contributed by atoms with van der Waals surface area (Å²) in [5, 5.41) is 12.7. The first kappa shape index (κ1) is 12.6. The van der Waals surface area contributed by atoms with Gasteiger partial charge in [0.05, 0.1) is 5.60 Å². The van der Waals surface area contributed by atoms with E-state index in [9.17, 15) is 5.11 Å². The minimum Gasteiger partial charge on any atom is -0.390 e. The first-order valence-electron chi connectivity index (χ1n) is 5.94. The van der Waals surface area contributed by atoms with Crippen LogP contribution in [0.5, 0.6) is 0 Å². The van der Waals surface area contributed by atoms with Crippen molar-refractivity contribution in [2.45, 2.75) is 45.1 Å². The van der Waals surface area contributed by atoms with Crippen LogP contribution < -0.4 is 0 Å². The fraction of sp³-hybridized carbons (Fsp3) is 0.692. The van der Waals surface area contributed by atoms with E-state index in [2.05, 4.69) is 41.2 Å². The zero-order valence-electron chi connectivity index (χ0n) is 9.87. The zero-order valence-corrected chi connectivity index (χ0v) is 12.3. The Morgan fingerprint density at radius 2 is 2.25 bits per heavy atom. The molecule has 16 heavy (non-hydrogen) atoms. The zero-order chi connectivity index (χ0) is 11.8. The molecule has 0 saturated heterocycles. The second-order valence-electron chi connectivity index (χ2n) is 5.29. The summed E-state index contributed by atoms with van der Waals surface area (Å²) >= 11 is 5.28. The molecule has 90 valence electrons. The molecule has 0 radical (unpaired) electrons. The van der Waals surface area contributed by atoms with Crippen molar-refractivity contribution >= 4 is 27.3 Å². The van der Waals surface area contributed by atoms with E-state index in [0.29, 0.717) is 5.92 Å². The van der Waals surface area contributed by atoms with Crippen molar-refractivity contribution in [1.82, 2.24) is 0 Å². The molecule has 1 aromatic rings. The Balaban J connectivity index is 2.06. The van der Waals surface area contributed by atoms with Gasteiger partial charge in [-0.1, -0.05) is 13.8 Å². The summed E-state index contributed by atoms with van der Waals surface area (Å²) in [6.07, 6.45) is 3.85. The molecule has 0 spiro atoms. The SMILES string of the molecule is CC1CCC(O)(Cc2sccc2Br)CC1C. The monoisotopic (exact) mass is 302 g/mol. The lowest BCUT2D eigenvalue weighted by molar-refractivity contribution is -0.0274. The van der Waals surface area contributed by atoms with Gasteiger partial charge in [-0.25, -0.2) is 0 Å². The van der Waals surface area contributed by atoms with E-state index < -0.39 is 5.60 Å². The van der Waals surface area contributed by atoms with Crippen molar-refractivity contribution in [3.8, 4) is 0 Å². The summed E-state index contributed by atoms with van der Waals surface area (Å²) in [6.45, 7) is 4.56. The van der Waals surface area contributed by atoms with Crippen LogP contribution in [-0.4, -0.2) is 10.7 Å². The topological polar surface area (TPSA) is 20.2 Å². The van der Waals surface area contributed by atoms with Crippen LogP contribution in [-0.2, 0) is 6.42 Å². The Bertz CT molecular complexity index is 363. The van der Waals surface area contributed by atoms with Gasteiger partial charge in [-0.2, -0.15) is 0 Å². The van der Waals surface area contributed by atoms with E-state index in [1.807, 2.05) is 0 Å². The molecule has 1 saturated carbocycles. The predicted octanol–water partition coefficient (Wildman–Crippen LogP) is 4.24. The number of rotatable bonds is 2. The second kappa shape index (κ2) is 4.79. The third-order valence-corrected chi connectivity index (χ3v) is 5.85. The molecule has 0 bridgehead atoms. The van der Waals surface area contributed by atoms with Gasteiger partial charge in [-0.05, 0) is 58.5 Å². The van der Waals surface area contributed by atoms with Crippen molar-refractivity contribution in [3.05, 3.63) is 20.8 Å². The minimum absolute atomic E-state index is 0.473. The van der Waals surface area contributed by atoms with Crippen molar-refractivity contribution < 1.29 is 5.11 Å². The number of hydrogen-bond acceptors (Lipinski definition) is 2. The van der Waals surface area contributed by atoms with Crippen molar-refractivity contribution in [1.29, 1.82) is 0 Å². The molecule has 1 aromatic heterocycles. The van der Waals surface area contributed by atoms with Crippen molar-refractivity contribution in [3.63, 3.8) is 0 Å². The first-order valence-corrected chi connectivity index (χ1v) is 7.62. The molecule has 1 fully saturated rings. The Morgan fingerprint density at radius 1 is 1.50 bits per heavy atom. The maximum Gasteiger partial charge on any atom is 0.0699 e. The Labute approximate surface area is 110 Å². The highest BCUT2D eigenvalue weighted by Gasteiger charge is 2.36. The van der Waals surface area contributed by atoms with E-state index in [1.54, 1.807) is 11.3 Å². The third-order valence-electron chi connectivity index (χ3n) is 3.92. The normalized spacial score (nSPS) is 35.2. The molecular weight excluding hydrogens is 284 g/mol. The van der Waals surface area contributed by atoms with Gasteiger partial charge in [0.25, 0.3) is 0 Å². The van der Waals surface area contributed by atoms with Gasteiger partial charge < -0.3 is 5.11 Å². The third kappa shape index (κ3) is 2.69. The molecule has 3 unspecified atom stereocenters. The Kier molecular flexibility index (Phi) is 3.77. The maximum absolute atomic E-state index is 10.6. The van der Waals surface area contributed by atoms with Crippen LogP contribution in [0.15, 0.2) is 15.9 Å². The van der Waals surface area contributed by atoms with Crippen LogP contribution in [0.3, 0.4) is 0 Å². The van der Waals surface area contributed by atoms with Crippen molar-refractivity contribution in [2.75, 3.05) is 0 Å². The predicted molar refractivity (Wildman–Crippen MR) is 72.9 cm³/mol. The van der Waals surface area contributed by atoms with Gasteiger partial charge in [0, 0.05) is 15.8 Å². The highest BCUT2D eigenvalue weighted by Crippen LogP contribution is 2.39. The minimum atomic E-state index is -0.473. The van der Waals surface area contributed by atoms with Crippen LogP contribution in [0, 0.1) is 11.8 Å². The Morgan fingerprint density at radius 3 is 2.81 bits per heavy atom. The largest absolute Gasteiger partial charge is 0.390 e. The first-order chi connectivity index (χ1) is 7.50. The van der Waals surface area contributed by atoms with E-state index in [4.69, 9.17) is 0 Å². The van der Waals surface area contributed by atoms with Gasteiger partial charge in [-0.15, -0.1) is 11.3 Å². The van der Waals surface area contributed by atoms with E-state index in [1.165, 1.54) is 4.88 Å². The van der Waals surface area contributed by atoms with Gasteiger partial charge in [0.2, 0.25) is 0 Å². The summed E-state index contributed by atoms with van der Waals surface area (Å²) in [4.78, 5) is 1.28. The van der Waals surface area contributed by atoms with Gasteiger partial charge in [0.15, 0.2) is 0 Å². The molecule has 1 aliphatic carbocycles. The summed E-state index contributed by atoms with van der Waals surface area (Å²) in [6, 6.07) is 2.07. The molecule has 3 heteroatoms. The van der Waals surface area contributed by atoms with E-state index in [-0.39, 0.29) is 0 Å². The summed E-state index contributed by atoms with van der Waals surface area (Å²) in [5.41, 5.74) is -0.473. The molecule has 0 amide bonds. The molecule has 0 aliphatic heterocycles. The lowest BCUT2D eigenvalue weighted by Crippen LogP contribution is -2.39. The van der Waals surface area contributed by atoms with Crippen LogP contribution >= 0.6 is 27.3 Å². The smallest absolute Gasteiger partial charge is 0.0699 e. The highest BCUT2D eigenvalue weighted by molar-refractivity contribution is 9.10. The fourth-order valence-corrected chi connectivity index (χ4v) is 4.22. The number of aliphatic hydroxyl groups is 1. The van der Waals surface area contributed by atoms with Gasteiger partial charge in [0.1, 0.15) is 0 Å². The van der Waals surface area contributed by atoms with Crippen LogP contribution in [0.25, 0.3) is 0 Å².